The van der Waals surface area contributed by atoms with E-state index in [9.17, 15) is 4.79 Å². The third-order valence-electron chi connectivity index (χ3n) is 2.88. The standard InChI is InChI=1S/C15H25N3O/c1-11(16-5)12-6-8-13(9-7-12)18-14(19)17-10-15(2,3)4/h6-9,11,16H,10H2,1-5H3,(H2,17,18,19). The Hall–Kier alpha value is -1.55. The fraction of sp³-hybridized carbons (Fsp3) is 0.533. The molecule has 0 aliphatic heterocycles. The number of urea groups is 1. The van der Waals surface area contributed by atoms with E-state index >= 15 is 0 Å². The summed E-state index contributed by atoms with van der Waals surface area (Å²) in [6, 6.07) is 8.01. The molecule has 0 bridgehead atoms. The molecule has 1 unspecified atom stereocenters. The maximum atomic E-state index is 11.7. The number of hydrogen-bond donors (Lipinski definition) is 3. The molecule has 0 saturated heterocycles. The van der Waals surface area contributed by atoms with Gasteiger partial charge in [0.25, 0.3) is 0 Å². The van der Waals surface area contributed by atoms with Crippen molar-refractivity contribution in [2.24, 2.45) is 5.41 Å². The number of anilines is 1. The summed E-state index contributed by atoms with van der Waals surface area (Å²) in [6.07, 6.45) is 0. The van der Waals surface area contributed by atoms with Crippen molar-refractivity contribution in [3.63, 3.8) is 0 Å². The molecular weight excluding hydrogens is 238 g/mol. The molecule has 1 atom stereocenters. The van der Waals surface area contributed by atoms with Gasteiger partial charge in [-0.25, -0.2) is 4.79 Å². The first-order chi connectivity index (χ1) is 8.81. The first kappa shape index (κ1) is 15.5. The zero-order valence-corrected chi connectivity index (χ0v) is 12.5. The van der Waals surface area contributed by atoms with Crippen molar-refractivity contribution in [1.82, 2.24) is 10.6 Å². The summed E-state index contributed by atoms with van der Waals surface area (Å²) in [7, 11) is 1.93. The lowest BCUT2D eigenvalue weighted by Gasteiger charge is -2.19. The highest BCUT2D eigenvalue weighted by Crippen LogP contribution is 2.15. The number of carbonyl (C=O) groups excluding carboxylic acids is 1. The van der Waals surface area contributed by atoms with E-state index in [-0.39, 0.29) is 11.4 Å². The van der Waals surface area contributed by atoms with E-state index in [1.165, 1.54) is 5.56 Å². The molecule has 0 aliphatic carbocycles. The van der Waals surface area contributed by atoms with E-state index in [1.807, 2.05) is 31.3 Å². The maximum Gasteiger partial charge on any atom is 0.319 e. The Bertz CT molecular complexity index is 406. The van der Waals surface area contributed by atoms with Crippen molar-refractivity contribution in [2.45, 2.75) is 33.7 Å². The lowest BCUT2D eigenvalue weighted by molar-refractivity contribution is 0.247. The van der Waals surface area contributed by atoms with Crippen LogP contribution < -0.4 is 16.0 Å². The Morgan fingerprint density at radius 3 is 2.26 bits per heavy atom. The molecule has 0 aromatic heterocycles. The molecule has 106 valence electrons. The lowest BCUT2D eigenvalue weighted by atomic mass is 9.97. The highest BCUT2D eigenvalue weighted by Gasteiger charge is 2.11. The minimum Gasteiger partial charge on any atom is -0.337 e. The zero-order valence-electron chi connectivity index (χ0n) is 12.5. The van der Waals surface area contributed by atoms with Gasteiger partial charge in [-0.1, -0.05) is 32.9 Å². The SMILES string of the molecule is CNC(C)c1ccc(NC(=O)NCC(C)(C)C)cc1. The third kappa shape index (κ3) is 5.75. The zero-order chi connectivity index (χ0) is 14.5. The van der Waals surface area contributed by atoms with E-state index in [4.69, 9.17) is 0 Å². The largest absolute Gasteiger partial charge is 0.337 e. The maximum absolute atomic E-state index is 11.7. The van der Waals surface area contributed by atoms with E-state index < -0.39 is 0 Å². The van der Waals surface area contributed by atoms with Crippen LogP contribution in [0.15, 0.2) is 24.3 Å². The Labute approximate surface area is 116 Å². The topological polar surface area (TPSA) is 53.2 Å². The number of carbonyl (C=O) groups is 1. The summed E-state index contributed by atoms with van der Waals surface area (Å²) in [4.78, 5) is 11.7. The van der Waals surface area contributed by atoms with Crippen LogP contribution in [0.4, 0.5) is 10.5 Å². The molecular formula is C15H25N3O. The fourth-order valence-electron chi connectivity index (χ4n) is 1.54. The van der Waals surface area contributed by atoms with Gasteiger partial charge in [-0.05, 0) is 37.1 Å². The van der Waals surface area contributed by atoms with Crippen LogP contribution in [0.25, 0.3) is 0 Å². The van der Waals surface area contributed by atoms with Crippen LogP contribution in [0.5, 0.6) is 0 Å². The summed E-state index contributed by atoms with van der Waals surface area (Å²) < 4.78 is 0. The smallest absolute Gasteiger partial charge is 0.319 e. The average Bonchev–Trinajstić information content (AvgIpc) is 2.35. The first-order valence-electron chi connectivity index (χ1n) is 6.64. The Kier molecular flexibility index (Phi) is 5.36. The van der Waals surface area contributed by atoms with Gasteiger partial charge in [0.2, 0.25) is 0 Å². The quantitative estimate of drug-likeness (QED) is 0.781. The Balaban J connectivity index is 2.51. The molecule has 0 fully saturated rings. The van der Waals surface area contributed by atoms with Crippen LogP contribution in [0.1, 0.15) is 39.3 Å². The van der Waals surface area contributed by atoms with E-state index in [0.717, 1.165) is 5.69 Å². The number of amides is 2. The molecule has 19 heavy (non-hydrogen) atoms. The van der Waals surface area contributed by atoms with Crippen molar-refractivity contribution in [3.05, 3.63) is 29.8 Å². The van der Waals surface area contributed by atoms with Gasteiger partial charge in [0.05, 0.1) is 0 Å². The van der Waals surface area contributed by atoms with Crippen molar-refractivity contribution in [3.8, 4) is 0 Å². The van der Waals surface area contributed by atoms with Gasteiger partial charge >= 0.3 is 6.03 Å². The summed E-state index contributed by atoms with van der Waals surface area (Å²) in [5.74, 6) is 0. The molecule has 3 N–H and O–H groups in total. The van der Waals surface area contributed by atoms with Crippen LogP contribution in [0, 0.1) is 5.41 Å². The highest BCUT2D eigenvalue weighted by molar-refractivity contribution is 5.89. The number of rotatable bonds is 4. The molecule has 0 radical (unpaired) electrons. The molecule has 1 aromatic carbocycles. The number of benzene rings is 1. The van der Waals surface area contributed by atoms with Crippen LogP contribution >= 0.6 is 0 Å². The Morgan fingerprint density at radius 1 is 1.21 bits per heavy atom. The summed E-state index contributed by atoms with van der Waals surface area (Å²) in [5, 5.41) is 8.86. The molecule has 0 spiro atoms. The highest BCUT2D eigenvalue weighted by atomic mass is 16.2. The lowest BCUT2D eigenvalue weighted by Crippen LogP contribution is -2.35. The monoisotopic (exact) mass is 263 g/mol. The van der Waals surface area contributed by atoms with Crippen LogP contribution in [-0.2, 0) is 0 Å². The van der Waals surface area contributed by atoms with Gasteiger partial charge in [-0.3, -0.25) is 0 Å². The normalized spacial score (nSPS) is 12.9. The van der Waals surface area contributed by atoms with Gasteiger partial charge in [0.1, 0.15) is 0 Å². The second kappa shape index (κ2) is 6.57. The minimum atomic E-state index is -0.163. The van der Waals surface area contributed by atoms with Gasteiger partial charge in [0.15, 0.2) is 0 Å². The Morgan fingerprint density at radius 2 is 1.79 bits per heavy atom. The average molecular weight is 263 g/mol. The third-order valence-corrected chi connectivity index (χ3v) is 2.88. The van der Waals surface area contributed by atoms with Gasteiger partial charge in [0, 0.05) is 18.3 Å². The van der Waals surface area contributed by atoms with Crippen molar-refractivity contribution >= 4 is 11.7 Å². The van der Waals surface area contributed by atoms with Crippen LogP contribution in [0.2, 0.25) is 0 Å². The van der Waals surface area contributed by atoms with Crippen LogP contribution in [-0.4, -0.2) is 19.6 Å². The molecule has 4 heteroatoms. The number of hydrogen-bond acceptors (Lipinski definition) is 2. The van der Waals surface area contributed by atoms with Gasteiger partial charge in [-0.2, -0.15) is 0 Å². The molecule has 1 rings (SSSR count). The predicted octanol–water partition coefficient (Wildman–Crippen LogP) is 3.13. The van der Waals surface area contributed by atoms with Crippen molar-refractivity contribution in [1.29, 1.82) is 0 Å². The van der Waals surface area contributed by atoms with E-state index in [0.29, 0.717) is 12.6 Å². The first-order valence-corrected chi connectivity index (χ1v) is 6.64. The minimum absolute atomic E-state index is 0.0867. The number of nitrogens with one attached hydrogen (secondary N) is 3. The molecule has 2 amide bonds. The van der Waals surface area contributed by atoms with Gasteiger partial charge in [-0.15, -0.1) is 0 Å². The fourth-order valence-corrected chi connectivity index (χ4v) is 1.54. The van der Waals surface area contributed by atoms with Crippen molar-refractivity contribution < 1.29 is 4.79 Å². The molecule has 4 nitrogen and oxygen atoms in total. The molecule has 0 saturated carbocycles. The predicted molar refractivity (Wildman–Crippen MR) is 80.4 cm³/mol. The molecule has 1 aromatic rings. The second-order valence-corrected chi connectivity index (χ2v) is 6.00. The summed E-state index contributed by atoms with van der Waals surface area (Å²) >= 11 is 0. The van der Waals surface area contributed by atoms with Gasteiger partial charge < -0.3 is 16.0 Å². The second-order valence-electron chi connectivity index (χ2n) is 6.00. The molecule has 0 aliphatic rings. The van der Waals surface area contributed by atoms with Crippen molar-refractivity contribution in [2.75, 3.05) is 18.9 Å². The van der Waals surface area contributed by atoms with E-state index in [1.54, 1.807) is 0 Å². The molecule has 0 heterocycles. The van der Waals surface area contributed by atoms with E-state index in [2.05, 4.69) is 43.6 Å². The summed E-state index contributed by atoms with van der Waals surface area (Å²) in [5.41, 5.74) is 2.09. The van der Waals surface area contributed by atoms with Crippen LogP contribution in [0.3, 0.4) is 0 Å². The summed E-state index contributed by atoms with van der Waals surface area (Å²) in [6.45, 7) is 9.00.